The molecule has 1 aromatic heterocycles. The Morgan fingerprint density at radius 3 is 2.88 bits per heavy atom. The Balaban J connectivity index is 1.41. The van der Waals surface area contributed by atoms with Crippen LogP contribution < -0.4 is 15.5 Å². The highest BCUT2D eigenvalue weighted by atomic mass is 16.5. The van der Waals surface area contributed by atoms with Crippen molar-refractivity contribution in [1.82, 2.24) is 15.5 Å². The number of aromatic nitrogens is 2. The Morgan fingerprint density at radius 2 is 2.08 bits per heavy atom. The van der Waals surface area contributed by atoms with Gasteiger partial charge in [-0.15, -0.1) is 5.10 Å². The van der Waals surface area contributed by atoms with Gasteiger partial charge in [-0.1, -0.05) is 29.8 Å². The van der Waals surface area contributed by atoms with E-state index in [0.717, 1.165) is 43.1 Å². The maximum atomic E-state index is 12.0. The SMILES string of the molecule is Cc1cccc(CC(=O)NCCNc2cc(N3CCOCC3)cnn2)c1. The highest BCUT2D eigenvalue weighted by Gasteiger charge is 2.12. The predicted molar refractivity (Wildman–Crippen MR) is 101 cm³/mol. The average Bonchev–Trinajstić information content (AvgIpc) is 2.66. The van der Waals surface area contributed by atoms with E-state index >= 15 is 0 Å². The molecular weight excluding hydrogens is 330 g/mol. The van der Waals surface area contributed by atoms with Gasteiger partial charge in [-0.2, -0.15) is 5.10 Å². The van der Waals surface area contributed by atoms with Crippen molar-refractivity contribution in [3.05, 3.63) is 47.7 Å². The third-order valence-electron chi connectivity index (χ3n) is 4.22. The number of rotatable bonds is 7. The molecule has 0 bridgehead atoms. The number of hydrogen-bond acceptors (Lipinski definition) is 6. The molecule has 1 amide bonds. The summed E-state index contributed by atoms with van der Waals surface area (Å²) >= 11 is 0. The van der Waals surface area contributed by atoms with Crippen molar-refractivity contribution >= 4 is 17.4 Å². The average molecular weight is 355 g/mol. The molecular formula is C19H25N5O2. The Labute approximate surface area is 153 Å². The Kier molecular flexibility index (Phi) is 6.38. The summed E-state index contributed by atoms with van der Waals surface area (Å²) in [6, 6.07) is 9.98. The third-order valence-corrected chi connectivity index (χ3v) is 4.22. The lowest BCUT2D eigenvalue weighted by molar-refractivity contribution is -0.120. The molecule has 2 N–H and O–H groups in total. The molecule has 3 rings (SSSR count). The number of carbonyl (C=O) groups excluding carboxylic acids is 1. The van der Waals surface area contributed by atoms with Gasteiger partial charge in [0, 0.05) is 32.2 Å². The van der Waals surface area contributed by atoms with Gasteiger partial charge in [-0.05, 0) is 12.5 Å². The molecule has 0 saturated carbocycles. The molecule has 0 aliphatic carbocycles. The standard InChI is InChI=1S/C19H25N5O2/c1-15-3-2-4-16(11-15)12-19(25)21-6-5-20-18-13-17(14-22-23-18)24-7-9-26-10-8-24/h2-4,11,13-14H,5-10,12H2,1H3,(H,20,23)(H,21,25). The molecule has 1 aliphatic heterocycles. The quantitative estimate of drug-likeness (QED) is 0.731. The number of amides is 1. The fourth-order valence-corrected chi connectivity index (χ4v) is 2.90. The van der Waals surface area contributed by atoms with Crippen molar-refractivity contribution in [2.45, 2.75) is 13.3 Å². The normalized spacial score (nSPS) is 14.1. The molecule has 138 valence electrons. The van der Waals surface area contributed by atoms with Crippen LogP contribution in [0.5, 0.6) is 0 Å². The molecule has 0 unspecified atom stereocenters. The second kappa shape index (κ2) is 9.15. The second-order valence-corrected chi connectivity index (χ2v) is 6.34. The molecule has 1 aromatic carbocycles. The van der Waals surface area contributed by atoms with Crippen molar-refractivity contribution in [3.8, 4) is 0 Å². The highest BCUT2D eigenvalue weighted by molar-refractivity contribution is 5.78. The lowest BCUT2D eigenvalue weighted by atomic mass is 10.1. The van der Waals surface area contributed by atoms with Gasteiger partial charge < -0.3 is 20.3 Å². The molecule has 0 spiro atoms. The summed E-state index contributed by atoms with van der Waals surface area (Å²) in [5, 5.41) is 14.3. The first-order chi connectivity index (χ1) is 12.7. The van der Waals surface area contributed by atoms with Crippen molar-refractivity contribution in [1.29, 1.82) is 0 Å². The Bertz CT molecular complexity index is 731. The predicted octanol–water partition coefficient (Wildman–Crippen LogP) is 1.39. The van der Waals surface area contributed by atoms with Crippen LogP contribution in [-0.4, -0.2) is 55.5 Å². The first kappa shape index (κ1) is 18.1. The molecule has 1 fully saturated rings. The molecule has 7 heteroatoms. The minimum atomic E-state index is 0.0190. The number of nitrogens with zero attached hydrogens (tertiary/aromatic N) is 3. The number of hydrogen-bond donors (Lipinski definition) is 2. The zero-order valence-electron chi connectivity index (χ0n) is 15.1. The number of benzene rings is 1. The van der Waals surface area contributed by atoms with E-state index in [0.29, 0.717) is 25.3 Å². The van der Waals surface area contributed by atoms with Crippen LogP contribution in [-0.2, 0) is 16.0 Å². The van der Waals surface area contributed by atoms with Crippen molar-refractivity contribution in [3.63, 3.8) is 0 Å². The maximum absolute atomic E-state index is 12.0. The lowest BCUT2D eigenvalue weighted by Crippen LogP contribution is -2.36. The second-order valence-electron chi connectivity index (χ2n) is 6.34. The summed E-state index contributed by atoms with van der Waals surface area (Å²) in [7, 11) is 0. The van der Waals surface area contributed by atoms with Gasteiger partial charge in [0.15, 0.2) is 5.82 Å². The molecule has 0 radical (unpaired) electrons. The van der Waals surface area contributed by atoms with Crippen LogP contribution in [0.3, 0.4) is 0 Å². The summed E-state index contributed by atoms with van der Waals surface area (Å²) in [6.07, 6.45) is 2.16. The molecule has 1 aliphatic rings. The lowest BCUT2D eigenvalue weighted by Gasteiger charge is -2.28. The van der Waals surface area contributed by atoms with Crippen LogP contribution in [0.25, 0.3) is 0 Å². The number of ether oxygens (including phenoxy) is 1. The van der Waals surface area contributed by atoms with E-state index in [-0.39, 0.29) is 5.91 Å². The molecule has 26 heavy (non-hydrogen) atoms. The van der Waals surface area contributed by atoms with Gasteiger partial charge in [0.25, 0.3) is 0 Å². The van der Waals surface area contributed by atoms with E-state index in [1.54, 1.807) is 6.20 Å². The first-order valence-corrected chi connectivity index (χ1v) is 8.92. The summed E-state index contributed by atoms with van der Waals surface area (Å²) in [5.41, 5.74) is 3.23. The first-order valence-electron chi connectivity index (χ1n) is 8.92. The smallest absolute Gasteiger partial charge is 0.224 e. The summed E-state index contributed by atoms with van der Waals surface area (Å²) < 4.78 is 5.37. The molecule has 7 nitrogen and oxygen atoms in total. The molecule has 1 saturated heterocycles. The van der Waals surface area contributed by atoms with E-state index in [1.165, 1.54) is 0 Å². The van der Waals surface area contributed by atoms with E-state index in [2.05, 4.69) is 25.7 Å². The fourth-order valence-electron chi connectivity index (χ4n) is 2.90. The molecule has 2 heterocycles. The fraction of sp³-hybridized carbons (Fsp3) is 0.421. The summed E-state index contributed by atoms with van der Waals surface area (Å²) in [6.45, 7) is 6.35. The van der Waals surface area contributed by atoms with Crippen LogP contribution in [0.2, 0.25) is 0 Å². The van der Waals surface area contributed by atoms with E-state index in [4.69, 9.17) is 4.74 Å². The van der Waals surface area contributed by atoms with Gasteiger partial charge in [-0.25, -0.2) is 0 Å². The van der Waals surface area contributed by atoms with Crippen LogP contribution >= 0.6 is 0 Å². The van der Waals surface area contributed by atoms with E-state index < -0.39 is 0 Å². The minimum Gasteiger partial charge on any atom is -0.378 e. The van der Waals surface area contributed by atoms with Gasteiger partial charge in [0.1, 0.15) is 0 Å². The van der Waals surface area contributed by atoms with Crippen LogP contribution in [0, 0.1) is 6.92 Å². The maximum Gasteiger partial charge on any atom is 0.224 e. The summed E-state index contributed by atoms with van der Waals surface area (Å²) in [5.74, 6) is 0.729. The minimum absolute atomic E-state index is 0.0190. The van der Waals surface area contributed by atoms with Gasteiger partial charge >= 0.3 is 0 Å². The number of nitrogens with one attached hydrogen (secondary N) is 2. The number of carbonyl (C=O) groups is 1. The number of morpholine rings is 1. The monoisotopic (exact) mass is 355 g/mol. The van der Waals surface area contributed by atoms with Gasteiger partial charge in [0.05, 0.1) is 31.5 Å². The van der Waals surface area contributed by atoms with E-state index in [9.17, 15) is 4.79 Å². The topological polar surface area (TPSA) is 79.4 Å². The molecule has 2 aromatic rings. The summed E-state index contributed by atoms with van der Waals surface area (Å²) in [4.78, 5) is 14.2. The highest BCUT2D eigenvalue weighted by Crippen LogP contribution is 2.16. The van der Waals surface area contributed by atoms with Crippen LogP contribution in [0.4, 0.5) is 11.5 Å². The Hall–Kier alpha value is -2.67. The van der Waals surface area contributed by atoms with Crippen LogP contribution in [0.1, 0.15) is 11.1 Å². The largest absolute Gasteiger partial charge is 0.378 e. The number of aryl methyl sites for hydroxylation is 1. The van der Waals surface area contributed by atoms with Crippen molar-refractivity contribution in [2.75, 3.05) is 49.6 Å². The molecule has 0 atom stereocenters. The van der Waals surface area contributed by atoms with E-state index in [1.807, 2.05) is 37.3 Å². The Morgan fingerprint density at radius 1 is 1.23 bits per heavy atom. The number of anilines is 2. The van der Waals surface area contributed by atoms with Gasteiger partial charge in [0.2, 0.25) is 5.91 Å². The zero-order valence-corrected chi connectivity index (χ0v) is 15.1. The third kappa shape index (κ3) is 5.42. The van der Waals surface area contributed by atoms with Crippen molar-refractivity contribution in [2.24, 2.45) is 0 Å². The van der Waals surface area contributed by atoms with Crippen molar-refractivity contribution < 1.29 is 9.53 Å². The van der Waals surface area contributed by atoms with Gasteiger partial charge in [-0.3, -0.25) is 4.79 Å². The van der Waals surface area contributed by atoms with Crippen LogP contribution in [0.15, 0.2) is 36.5 Å². The zero-order chi connectivity index (χ0) is 18.2.